The fourth-order valence-corrected chi connectivity index (χ4v) is 2.70. The zero-order valence-corrected chi connectivity index (χ0v) is 15.6. The predicted octanol–water partition coefficient (Wildman–Crippen LogP) is 5.06. The molecule has 5 heteroatoms. The van der Waals surface area contributed by atoms with Crippen LogP contribution in [0.25, 0.3) is 0 Å². The molecule has 0 saturated carbocycles. The summed E-state index contributed by atoms with van der Waals surface area (Å²) in [5.74, 6) is 0.824. The van der Waals surface area contributed by atoms with E-state index in [9.17, 15) is 0 Å². The molecule has 0 atom stereocenters. The molecule has 0 amide bonds. The standard InChI is InChI=1S/C18H23BrN4/c1-13(2)23(14(3)4)18(22-17-6-5-11-20-12-17)21-16-9-7-15(19)8-10-16/h5-14H,1-4H3,(H,21,22). The number of pyridine rings is 1. The second-order valence-electron chi connectivity index (χ2n) is 5.87. The quantitative estimate of drug-likeness (QED) is 0.600. The zero-order valence-electron chi connectivity index (χ0n) is 14.0. The van der Waals surface area contributed by atoms with Crippen LogP contribution in [0.4, 0.5) is 11.4 Å². The first-order chi connectivity index (χ1) is 11.0. The molecule has 2 aromatic rings. The summed E-state index contributed by atoms with van der Waals surface area (Å²) in [5.41, 5.74) is 1.83. The number of rotatable bonds is 4. The summed E-state index contributed by atoms with van der Waals surface area (Å²) in [5, 5.41) is 3.41. The lowest BCUT2D eigenvalue weighted by Gasteiger charge is -2.34. The first kappa shape index (κ1) is 17.5. The maximum Gasteiger partial charge on any atom is 0.204 e. The van der Waals surface area contributed by atoms with E-state index in [4.69, 9.17) is 4.99 Å². The summed E-state index contributed by atoms with van der Waals surface area (Å²) in [6.45, 7) is 8.67. The molecular formula is C18H23BrN4. The van der Waals surface area contributed by atoms with Gasteiger partial charge in [0.2, 0.25) is 5.96 Å². The van der Waals surface area contributed by atoms with Crippen LogP contribution in [-0.4, -0.2) is 27.9 Å². The fourth-order valence-electron chi connectivity index (χ4n) is 2.44. The molecule has 0 bridgehead atoms. The SMILES string of the molecule is CC(C)N(C(=Nc1ccc(Br)cc1)Nc1cccnc1)C(C)C. The summed E-state index contributed by atoms with van der Waals surface area (Å²) in [6.07, 6.45) is 3.56. The van der Waals surface area contributed by atoms with Crippen LogP contribution in [-0.2, 0) is 0 Å². The van der Waals surface area contributed by atoms with Crippen molar-refractivity contribution in [1.29, 1.82) is 0 Å². The second kappa shape index (κ2) is 8.11. The molecule has 0 spiro atoms. The molecule has 1 aromatic heterocycles. The van der Waals surface area contributed by atoms with Crippen molar-refractivity contribution in [3.05, 3.63) is 53.3 Å². The lowest BCUT2D eigenvalue weighted by Crippen LogP contribution is -2.45. The van der Waals surface area contributed by atoms with Crippen LogP contribution >= 0.6 is 15.9 Å². The van der Waals surface area contributed by atoms with E-state index in [1.54, 1.807) is 12.4 Å². The van der Waals surface area contributed by atoms with Crippen LogP contribution in [0.2, 0.25) is 0 Å². The lowest BCUT2D eigenvalue weighted by atomic mass is 10.2. The number of hydrogen-bond donors (Lipinski definition) is 1. The van der Waals surface area contributed by atoms with Gasteiger partial charge in [0.25, 0.3) is 0 Å². The number of aromatic nitrogens is 1. The highest BCUT2D eigenvalue weighted by Gasteiger charge is 2.18. The normalized spacial score (nSPS) is 11.9. The first-order valence-electron chi connectivity index (χ1n) is 7.77. The van der Waals surface area contributed by atoms with Crippen molar-refractivity contribution in [2.24, 2.45) is 4.99 Å². The van der Waals surface area contributed by atoms with Gasteiger partial charge in [-0.15, -0.1) is 0 Å². The topological polar surface area (TPSA) is 40.5 Å². The Morgan fingerprint density at radius 3 is 2.26 bits per heavy atom. The van der Waals surface area contributed by atoms with Gasteiger partial charge in [-0.25, -0.2) is 4.99 Å². The van der Waals surface area contributed by atoms with Crippen LogP contribution in [0.15, 0.2) is 58.3 Å². The van der Waals surface area contributed by atoms with E-state index >= 15 is 0 Å². The smallest absolute Gasteiger partial charge is 0.204 e. The summed E-state index contributed by atoms with van der Waals surface area (Å²) in [4.78, 5) is 11.2. The third-order valence-electron chi connectivity index (χ3n) is 3.34. The molecular weight excluding hydrogens is 352 g/mol. The minimum absolute atomic E-state index is 0.327. The molecule has 1 aromatic carbocycles. The van der Waals surface area contributed by atoms with E-state index in [1.165, 1.54) is 0 Å². The minimum Gasteiger partial charge on any atom is -0.338 e. The first-order valence-corrected chi connectivity index (χ1v) is 8.56. The average Bonchev–Trinajstić information content (AvgIpc) is 2.50. The van der Waals surface area contributed by atoms with E-state index in [0.29, 0.717) is 12.1 Å². The molecule has 1 heterocycles. The largest absolute Gasteiger partial charge is 0.338 e. The van der Waals surface area contributed by atoms with Gasteiger partial charge in [0.15, 0.2) is 0 Å². The monoisotopic (exact) mass is 374 g/mol. The highest BCUT2D eigenvalue weighted by Crippen LogP contribution is 2.19. The molecule has 1 N–H and O–H groups in total. The van der Waals surface area contributed by atoms with Gasteiger partial charge in [0.05, 0.1) is 17.6 Å². The van der Waals surface area contributed by atoms with E-state index in [0.717, 1.165) is 21.8 Å². The number of aliphatic imine (C=N–C) groups is 1. The van der Waals surface area contributed by atoms with Crippen LogP contribution in [0.3, 0.4) is 0 Å². The van der Waals surface area contributed by atoms with E-state index in [-0.39, 0.29) is 0 Å². The van der Waals surface area contributed by atoms with Gasteiger partial charge >= 0.3 is 0 Å². The van der Waals surface area contributed by atoms with Crippen molar-refractivity contribution in [1.82, 2.24) is 9.88 Å². The van der Waals surface area contributed by atoms with Crippen molar-refractivity contribution in [2.45, 2.75) is 39.8 Å². The van der Waals surface area contributed by atoms with Crippen LogP contribution in [0, 0.1) is 0 Å². The van der Waals surface area contributed by atoms with Gasteiger partial charge in [0, 0.05) is 22.8 Å². The Kier molecular flexibility index (Phi) is 6.16. The Balaban J connectivity index is 2.39. The van der Waals surface area contributed by atoms with Crippen LogP contribution in [0.5, 0.6) is 0 Å². The molecule has 122 valence electrons. The maximum atomic E-state index is 4.82. The van der Waals surface area contributed by atoms with Crippen molar-refractivity contribution >= 4 is 33.3 Å². The van der Waals surface area contributed by atoms with Crippen molar-refractivity contribution in [3.63, 3.8) is 0 Å². The number of hydrogen-bond acceptors (Lipinski definition) is 2. The summed E-state index contributed by atoms with van der Waals surface area (Å²) in [7, 11) is 0. The molecule has 0 unspecified atom stereocenters. The van der Waals surface area contributed by atoms with Crippen molar-refractivity contribution in [2.75, 3.05) is 5.32 Å². The fraction of sp³-hybridized carbons (Fsp3) is 0.333. The number of anilines is 1. The molecule has 0 aliphatic rings. The van der Waals surface area contributed by atoms with Gasteiger partial charge < -0.3 is 10.2 Å². The number of guanidine groups is 1. The third kappa shape index (κ3) is 5.06. The number of benzene rings is 1. The van der Waals surface area contributed by atoms with E-state index < -0.39 is 0 Å². The van der Waals surface area contributed by atoms with Gasteiger partial charge in [-0.3, -0.25) is 4.98 Å². The van der Waals surface area contributed by atoms with Gasteiger partial charge in [0.1, 0.15) is 0 Å². The summed E-state index contributed by atoms with van der Waals surface area (Å²) < 4.78 is 1.04. The van der Waals surface area contributed by atoms with Gasteiger partial charge in [-0.1, -0.05) is 15.9 Å². The molecule has 0 saturated heterocycles. The van der Waals surface area contributed by atoms with Crippen molar-refractivity contribution in [3.8, 4) is 0 Å². The summed E-state index contributed by atoms with van der Waals surface area (Å²) in [6, 6.07) is 12.5. The number of halogens is 1. The van der Waals surface area contributed by atoms with Crippen molar-refractivity contribution < 1.29 is 0 Å². The third-order valence-corrected chi connectivity index (χ3v) is 3.87. The molecule has 0 fully saturated rings. The minimum atomic E-state index is 0.327. The van der Waals surface area contributed by atoms with Gasteiger partial charge in [-0.2, -0.15) is 0 Å². The Morgan fingerprint density at radius 1 is 1.09 bits per heavy atom. The highest BCUT2D eigenvalue weighted by molar-refractivity contribution is 9.10. The highest BCUT2D eigenvalue weighted by atomic mass is 79.9. The number of nitrogens with one attached hydrogen (secondary N) is 1. The Labute approximate surface area is 146 Å². The molecule has 4 nitrogen and oxygen atoms in total. The molecule has 2 rings (SSSR count). The Bertz CT molecular complexity index is 628. The molecule has 0 aliphatic heterocycles. The van der Waals surface area contributed by atoms with Crippen LogP contribution in [0.1, 0.15) is 27.7 Å². The molecule has 0 radical (unpaired) electrons. The zero-order chi connectivity index (χ0) is 16.8. The second-order valence-corrected chi connectivity index (χ2v) is 6.79. The van der Waals surface area contributed by atoms with E-state index in [1.807, 2.05) is 36.4 Å². The Morgan fingerprint density at radius 2 is 1.74 bits per heavy atom. The van der Waals surface area contributed by atoms with E-state index in [2.05, 4.69) is 58.8 Å². The average molecular weight is 375 g/mol. The summed E-state index contributed by atoms with van der Waals surface area (Å²) >= 11 is 3.46. The van der Waals surface area contributed by atoms with Gasteiger partial charge in [-0.05, 0) is 64.1 Å². The number of nitrogens with zero attached hydrogens (tertiary/aromatic N) is 3. The molecule has 0 aliphatic carbocycles. The maximum absolute atomic E-state index is 4.82. The van der Waals surface area contributed by atoms with Crippen LogP contribution < -0.4 is 5.32 Å². The molecule has 23 heavy (non-hydrogen) atoms. The lowest BCUT2D eigenvalue weighted by molar-refractivity contribution is 0.291. The Hall–Kier alpha value is -1.88. The predicted molar refractivity (Wildman–Crippen MR) is 101 cm³/mol.